The predicted molar refractivity (Wildman–Crippen MR) is 113 cm³/mol. The first kappa shape index (κ1) is 19.4. The Morgan fingerprint density at radius 3 is 2.66 bits per heavy atom. The maximum Gasteiger partial charge on any atom is 0.271 e. The van der Waals surface area contributed by atoms with Crippen LogP contribution in [-0.4, -0.2) is 19.5 Å². The Labute approximate surface area is 172 Å². The van der Waals surface area contributed by atoms with Crippen LogP contribution in [0.25, 0.3) is 12.2 Å². The maximum atomic E-state index is 12.5. The lowest BCUT2D eigenvalue weighted by atomic mass is 10.2. The van der Waals surface area contributed by atoms with E-state index < -0.39 is 10.0 Å². The third-order valence-corrected chi connectivity index (χ3v) is 7.30. The summed E-state index contributed by atoms with van der Waals surface area (Å²) in [4.78, 5) is 12.8. The summed E-state index contributed by atoms with van der Waals surface area (Å²) in [6, 6.07) is 12.0. The molecule has 0 spiro atoms. The van der Waals surface area contributed by atoms with Crippen molar-refractivity contribution >= 4 is 50.8 Å². The Bertz CT molecular complexity index is 1160. The van der Waals surface area contributed by atoms with Gasteiger partial charge in [-0.1, -0.05) is 23.4 Å². The molecule has 9 heteroatoms. The molecule has 1 aromatic carbocycles. The van der Waals surface area contributed by atoms with E-state index in [0.717, 1.165) is 29.1 Å². The molecule has 0 aliphatic heterocycles. The van der Waals surface area contributed by atoms with Crippen LogP contribution in [0, 0.1) is 12.8 Å². The Hall–Kier alpha value is -2.91. The molecule has 0 bridgehead atoms. The van der Waals surface area contributed by atoms with Gasteiger partial charge in [0, 0.05) is 16.5 Å². The number of nitrogens with zero attached hydrogens (tertiary/aromatic N) is 1. The zero-order chi connectivity index (χ0) is 20.4. The van der Waals surface area contributed by atoms with E-state index in [2.05, 4.69) is 15.2 Å². The molecular weight excluding hydrogens is 410 g/mol. The third kappa shape index (κ3) is 4.57. The molecule has 1 aliphatic carbocycles. The Morgan fingerprint density at radius 2 is 1.93 bits per heavy atom. The molecule has 1 amide bonds. The molecule has 0 atom stereocenters. The van der Waals surface area contributed by atoms with Gasteiger partial charge in [-0.2, -0.15) is 0 Å². The smallest absolute Gasteiger partial charge is 0.271 e. The summed E-state index contributed by atoms with van der Waals surface area (Å²) in [5, 5.41) is 6.77. The lowest BCUT2D eigenvalue weighted by molar-refractivity contribution is -0.117. The van der Waals surface area contributed by atoms with Crippen LogP contribution >= 0.6 is 11.3 Å². The van der Waals surface area contributed by atoms with Crippen LogP contribution in [0.2, 0.25) is 0 Å². The summed E-state index contributed by atoms with van der Waals surface area (Å²) >= 11 is 1.13. The number of aryl methyl sites for hydroxylation is 1. The van der Waals surface area contributed by atoms with Gasteiger partial charge in [0.25, 0.3) is 10.0 Å². The maximum absolute atomic E-state index is 12.5. The van der Waals surface area contributed by atoms with Gasteiger partial charge < -0.3 is 9.84 Å². The minimum Gasteiger partial charge on any atom is -0.354 e. The molecule has 3 aromatic rings. The fourth-order valence-electron chi connectivity index (χ4n) is 2.66. The second-order valence-electron chi connectivity index (χ2n) is 6.73. The number of amides is 1. The van der Waals surface area contributed by atoms with E-state index in [1.807, 2.05) is 6.07 Å². The molecule has 150 valence electrons. The van der Waals surface area contributed by atoms with E-state index in [-0.39, 0.29) is 16.0 Å². The van der Waals surface area contributed by atoms with Crippen LogP contribution in [0.15, 0.2) is 51.2 Å². The van der Waals surface area contributed by atoms with Gasteiger partial charge in [0.05, 0.1) is 0 Å². The highest BCUT2D eigenvalue weighted by molar-refractivity contribution is 7.94. The van der Waals surface area contributed by atoms with E-state index >= 15 is 0 Å². The molecule has 1 aliphatic rings. The number of hydrogen-bond donors (Lipinski definition) is 2. The molecule has 0 unspecified atom stereocenters. The molecule has 1 saturated carbocycles. The van der Waals surface area contributed by atoms with Crippen LogP contribution in [-0.2, 0) is 14.8 Å². The number of hydrogen-bond acceptors (Lipinski definition) is 6. The van der Waals surface area contributed by atoms with Crippen LogP contribution in [0.1, 0.15) is 29.2 Å². The summed E-state index contributed by atoms with van der Waals surface area (Å²) in [7, 11) is -3.66. The number of aromatic nitrogens is 1. The lowest BCUT2D eigenvalue weighted by Gasteiger charge is -2.05. The van der Waals surface area contributed by atoms with Gasteiger partial charge in [-0.15, -0.1) is 11.3 Å². The topological polar surface area (TPSA) is 101 Å². The molecule has 2 heterocycles. The average molecular weight is 430 g/mol. The molecule has 29 heavy (non-hydrogen) atoms. The summed E-state index contributed by atoms with van der Waals surface area (Å²) in [6.07, 6.45) is 5.23. The minimum absolute atomic E-state index is 0.0255. The van der Waals surface area contributed by atoms with Crippen molar-refractivity contribution in [1.82, 2.24) is 5.16 Å². The van der Waals surface area contributed by atoms with Crippen molar-refractivity contribution in [3.8, 4) is 0 Å². The fourth-order valence-corrected chi connectivity index (χ4v) is 4.95. The SMILES string of the molecule is Cc1noc(/C=C/c2ccc(S(=O)(=O)Nc3ccccc3)s2)c1NC(=O)C1CC1. The zero-order valence-corrected chi connectivity index (χ0v) is 17.2. The normalized spacial score (nSPS) is 14.2. The molecule has 0 radical (unpaired) electrons. The van der Waals surface area contributed by atoms with Gasteiger partial charge in [0.1, 0.15) is 15.6 Å². The summed E-state index contributed by atoms with van der Waals surface area (Å²) < 4.78 is 33.1. The Kier molecular flexibility index (Phi) is 5.25. The van der Waals surface area contributed by atoms with E-state index in [4.69, 9.17) is 4.52 Å². The van der Waals surface area contributed by atoms with Crippen molar-refractivity contribution < 1.29 is 17.7 Å². The standard InChI is InChI=1S/C20H19N3O4S2/c1-13-19(21-20(24)14-7-8-14)17(27-22-13)11-9-16-10-12-18(28-16)29(25,26)23-15-5-3-2-4-6-15/h2-6,9-12,14,23H,7-8H2,1H3,(H,21,24)/b11-9+. The number of nitrogens with one attached hydrogen (secondary N) is 2. The first-order chi connectivity index (χ1) is 13.9. The van der Waals surface area contributed by atoms with Gasteiger partial charge in [-0.05, 0) is 56.2 Å². The Balaban J connectivity index is 1.49. The lowest BCUT2D eigenvalue weighted by Crippen LogP contribution is -2.14. The summed E-state index contributed by atoms with van der Waals surface area (Å²) in [5.74, 6) is 0.475. The van der Waals surface area contributed by atoms with Gasteiger partial charge >= 0.3 is 0 Å². The number of para-hydroxylation sites is 1. The zero-order valence-electron chi connectivity index (χ0n) is 15.6. The summed E-state index contributed by atoms with van der Waals surface area (Å²) in [5.41, 5.74) is 1.65. The number of sulfonamides is 1. The predicted octanol–water partition coefficient (Wildman–Crippen LogP) is 4.36. The van der Waals surface area contributed by atoms with Crippen LogP contribution in [0.4, 0.5) is 11.4 Å². The summed E-state index contributed by atoms with van der Waals surface area (Å²) in [6.45, 7) is 1.76. The quantitative estimate of drug-likeness (QED) is 0.581. The molecule has 2 aromatic heterocycles. The van der Waals surface area contributed by atoms with E-state index in [0.29, 0.717) is 22.8 Å². The van der Waals surface area contributed by atoms with Crippen LogP contribution in [0.3, 0.4) is 0 Å². The number of benzene rings is 1. The second kappa shape index (κ2) is 7.84. The fraction of sp³-hybridized carbons (Fsp3) is 0.200. The van der Waals surface area contributed by atoms with Crippen LogP contribution < -0.4 is 10.0 Å². The van der Waals surface area contributed by atoms with Gasteiger partial charge in [0.15, 0.2) is 5.76 Å². The van der Waals surface area contributed by atoms with Crippen molar-refractivity contribution in [3.63, 3.8) is 0 Å². The van der Waals surface area contributed by atoms with Crippen molar-refractivity contribution in [2.75, 3.05) is 10.0 Å². The number of thiophene rings is 1. The third-order valence-electron chi connectivity index (χ3n) is 4.38. The first-order valence-electron chi connectivity index (χ1n) is 9.05. The van der Waals surface area contributed by atoms with E-state index in [9.17, 15) is 13.2 Å². The average Bonchev–Trinajstić information content (AvgIpc) is 3.34. The van der Waals surface area contributed by atoms with Gasteiger partial charge in [-0.25, -0.2) is 8.42 Å². The van der Waals surface area contributed by atoms with Crippen LogP contribution in [0.5, 0.6) is 0 Å². The second-order valence-corrected chi connectivity index (χ2v) is 9.76. The van der Waals surface area contributed by atoms with Gasteiger partial charge in [0.2, 0.25) is 5.91 Å². The number of rotatable bonds is 7. The number of anilines is 2. The highest BCUT2D eigenvalue weighted by Gasteiger charge is 2.30. The van der Waals surface area contributed by atoms with Crippen molar-refractivity contribution in [2.45, 2.75) is 24.0 Å². The minimum atomic E-state index is -3.66. The van der Waals surface area contributed by atoms with Crippen molar-refractivity contribution in [1.29, 1.82) is 0 Å². The largest absolute Gasteiger partial charge is 0.354 e. The molecule has 0 saturated heterocycles. The van der Waals surface area contributed by atoms with Crippen molar-refractivity contribution in [3.05, 3.63) is 58.8 Å². The number of carbonyl (C=O) groups excluding carboxylic acids is 1. The van der Waals surface area contributed by atoms with Gasteiger partial charge in [-0.3, -0.25) is 9.52 Å². The number of carbonyl (C=O) groups is 1. The molecule has 1 fully saturated rings. The highest BCUT2D eigenvalue weighted by atomic mass is 32.2. The monoisotopic (exact) mass is 429 g/mol. The van der Waals surface area contributed by atoms with E-state index in [1.54, 1.807) is 55.5 Å². The first-order valence-corrected chi connectivity index (χ1v) is 11.4. The van der Waals surface area contributed by atoms with E-state index in [1.165, 1.54) is 0 Å². The molecule has 2 N–H and O–H groups in total. The molecule has 4 rings (SSSR count). The highest BCUT2D eigenvalue weighted by Crippen LogP contribution is 2.32. The molecule has 7 nitrogen and oxygen atoms in total. The van der Waals surface area contributed by atoms with Crippen molar-refractivity contribution in [2.24, 2.45) is 5.92 Å². The Morgan fingerprint density at radius 1 is 1.17 bits per heavy atom. The molecular formula is C20H19N3O4S2.